The van der Waals surface area contributed by atoms with Crippen LogP contribution in [0.3, 0.4) is 0 Å². The Kier molecular flexibility index (Phi) is 4.48. The first kappa shape index (κ1) is 15.8. The van der Waals surface area contributed by atoms with Crippen molar-refractivity contribution < 1.29 is 4.79 Å². The number of piperidine rings is 1. The van der Waals surface area contributed by atoms with Crippen LogP contribution in [0.15, 0.2) is 54.7 Å². The summed E-state index contributed by atoms with van der Waals surface area (Å²) in [7, 11) is 0. The van der Waals surface area contributed by atoms with Crippen LogP contribution < -0.4 is 10.6 Å². The lowest BCUT2D eigenvalue weighted by Gasteiger charge is -2.23. The van der Waals surface area contributed by atoms with Crippen LogP contribution in [0.5, 0.6) is 0 Å². The third-order valence-corrected chi connectivity index (χ3v) is 4.73. The Morgan fingerprint density at radius 2 is 2.04 bits per heavy atom. The number of carbonyl (C=O) groups excluding carboxylic acids is 1. The van der Waals surface area contributed by atoms with E-state index in [1.165, 1.54) is 0 Å². The number of hydrogen-bond donors (Lipinski definition) is 2. The molecular weight excluding hydrogens is 312 g/mol. The highest BCUT2D eigenvalue weighted by Crippen LogP contribution is 2.15. The maximum atomic E-state index is 12.4. The minimum atomic E-state index is 0.00443. The Labute approximate surface area is 147 Å². The van der Waals surface area contributed by atoms with Crippen molar-refractivity contribution in [2.75, 3.05) is 13.1 Å². The Hall–Kier alpha value is -2.66. The molecule has 0 saturated carbocycles. The van der Waals surface area contributed by atoms with Gasteiger partial charge in [0.25, 0.3) is 5.91 Å². The van der Waals surface area contributed by atoms with Gasteiger partial charge in [0.1, 0.15) is 0 Å². The van der Waals surface area contributed by atoms with Gasteiger partial charge in [-0.05, 0) is 43.1 Å². The van der Waals surface area contributed by atoms with Gasteiger partial charge in [-0.2, -0.15) is 5.10 Å². The molecule has 0 spiro atoms. The van der Waals surface area contributed by atoms with Gasteiger partial charge in [-0.15, -0.1) is 0 Å². The zero-order valence-corrected chi connectivity index (χ0v) is 14.1. The molecule has 1 amide bonds. The lowest BCUT2D eigenvalue weighted by Crippen LogP contribution is -2.45. The molecule has 0 aliphatic carbocycles. The van der Waals surface area contributed by atoms with Gasteiger partial charge in [0.2, 0.25) is 0 Å². The van der Waals surface area contributed by atoms with Crippen LogP contribution in [0, 0.1) is 0 Å². The fourth-order valence-corrected chi connectivity index (χ4v) is 3.33. The molecule has 0 bridgehead atoms. The summed E-state index contributed by atoms with van der Waals surface area (Å²) in [6.45, 7) is 2.60. The number of carbonyl (C=O) groups is 1. The monoisotopic (exact) mass is 334 g/mol. The van der Waals surface area contributed by atoms with Crippen LogP contribution in [0.4, 0.5) is 0 Å². The van der Waals surface area contributed by atoms with E-state index in [0.717, 1.165) is 42.4 Å². The lowest BCUT2D eigenvalue weighted by atomic mass is 10.1. The summed E-state index contributed by atoms with van der Waals surface area (Å²) in [5, 5.41) is 12.0. The number of nitrogens with zero attached hydrogens (tertiary/aromatic N) is 2. The molecule has 1 aliphatic heterocycles. The maximum Gasteiger partial charge on any atom is 0.251 e. The number of rotatable bonds is 4. The molecular formula is C20H22N4O. The molecule has 2 heterocycles. The van der Waals surface area contributed by atoms with Crippen molar-refractivity contribution in [3.8, 4) is 0 Å². The summed E-state index contributed by atoms with van der Waals surface area (Å²) in [5.74, 6) is 0.00443. The fraction of sp³-hybridized carbons (Fsp3) is 0.300. The average Bonchev–Trinajstić information content (AvgIpc) is 3.06. The molecule has 25 heavy (non-hydrogen) atoms. The number of hydrogen-bond acceptors (Lipinski definition) is 3. The number of benzene rings is 2. The van der Waals surface area contributed by atoms with E-state index in [0.29, 0.717) is 12.1 Å². The fourth-order valence-electron chi connectivity index (χ4n) is 3.33. The third-order valence-electron chi connectivity index (χ3n) is 4.73. The quantitative estimate of drug-likeness (QED) is 0.771. The van der Waals surface area contributed by atoms with Crippen molar-refractivity contribution in [1.82, 2.24) is 20.4 Å². The summed E-state index contributed by atoms with van der Waals surface area (Å²) in [6.07, 6.45) is 4.04. The van der Waals surface area contributed by atoms with Crippen molar-refractivity contribution in [2.24, 2.45) is 0 Å². The summed E-state index contributed by atoms with van der Waals surface area (Å²) in [5.41, 5.74) is 2.96. The third kappa shape index (κ3) is 3.56. The van der Waals surface area contributed by atoms with E-state index in [1.54, 1.807) is 0 Å². The van der Waals surface area contributed by atoms with Gasteiger partial charge in [-0.3, -0.25) is 9.48 Å². The highest BCUT2D eigenvalue weighted by molar-refractivity contribution is 5.94. The first-order chi connectivity index (χ1) is 12.3. The molecule has 1 fully saturated rings. The molecule has 5 nitrogen and oxygen atoms in total. The van der Waals surface area contributed by atoms with Crippen molar-refractivity contribution in [2.45, 2.75) is 25.4 Å². The Balaban J connectivity index is 1.43. The summed E-state index contributed by atoms with van der Waals surface area (Å²) >= 11 is 0. The van der Waals surface area contributed by atoms with Crippen LogP contribution in [0.1, 0.15) is 28.8 Å². The SMILES string of the molecule is O=C(NC1CCCNC1)c1ccc(Cn2ncc3ccccc32)cc1. The van der Waals surface area contributed by atoms with Gasteiger partial charge < -0.3 is 10.6 Å². The molecule has 1 unspecified atom stereocenters. The van der Waals surface area contributed by atoms with Gasteiger partial charge >= 0.3 is 0 Å². The van der Waals surface area contributed by atoms with Gasteiger partial charge in [0.15, 0.2) is 0 Å². The largest absolute Gasteiger partial charge is 0.348 e. The summed E-state index contributed by atoms with van der Waals surface area (Å²) < 4.78 is 1.98. The Morgan fingerprint density at radius 1 is 1.20 bits per heavy atom. The maximum absolute atomic E-state index is 12.4. The second kappa shape index (κ2) is 7.07. The van der Waals surface area contributed by atoms with Crippen LogP contribution in [0.2, 0.25) is 0 Å². The molecule has 1 aliphatic rings. The van der Waals surface area contributed by atoms with Crippen LogP contribution in [-0.2, 0) is 6.54 Å². The number of nitrogens with one attached hydrogen (secondary N) is 2. The van der Waals surface area contributed by atoms with Crippen molar-refractivity contribution in [3.63, 3.8) is 0 Å². The summed E-state index contributed by atoms with van der Waals surface area (Å²) in [4.78, 5) is 12.4. The van der Waals surface area contributed by atoms with Crippen LogP contribution in [0.25, 0.3) is 10.9 Å². The van der Waals surface area contributed by atoms with E-state index in [1.807, 2.05) is 47.3 Å². The topological polar surface area (TPSA) is 59.0 Å². The van der Waals surface area contributed by atoms with Crippen LogP contribution >= 0.6 is 0 Å². The molecule has 128 valence electrons. The highest BCUT2D eigenvalue weighted by Gasteiger charge is 2.16. The molecule has 2 N–H and O–H groups in total. The zero-order valence-electron chi connectivity index (χ0n) is 14.1. The Morgan fingerprint density at radius 3 is 2.84 bits per heavy atom. The smallest absolute Gasteiger partial charge is 0.251 e. The minimum Gasteiger partial charge on any atom is -0.348 e. The van der Waals surface area contributed by atoms with Gasteiger partial charge in [0, 0.05) is 23.5 Å². The van der Waals surface area contributed by atoms with Gasteiger partial charge in [-0.1, -0.05) is 30.3 Å². The first-order valence-electron chi connectivity index (χ1n) is 8.81. The second-order valence-electron chi connectivity index (χ2n) is 6.57. The lowest BCUT2D eigenvalue weighted by molar-refractivity contribution is 0.0930. The molecule has 1 atom stereocenters. The zero-order chi connectivity index (χ0) is 17.1. The Bertz CT molecular complexity index is 863. The molecule has 0 radical (unpaired) electrons. The molecule has 1 aromatic heterocycles. The highest BCUT2D eigenvalue weighted by atomic mass is 16.1. The van der Waals surface area contributed by atoms with E-state index >= 15 is 0 Å². The van der Waals surface area contributed by atoms with E-state index in [9.17, 15) is 4.79 Å². The number of fused-ring (bicyclic) bond motifs is 1. The first-order valence-corrected chi connectivity index (χ1v) is 8.81. The molecule has 2 aromatic carbocycles. The van der Waals surface area contributed by atoms with Crippen LogP contribution in [-0.4, -0.2) is 34.8 Å². The number of para-hydroxylation sites is 1. The van der Waals surface area contributed by atoms with Crippen molar-refractivity contribution in [3.05, 3.63) is 65.9 Å². The van der Waals surface area contributed by atoms with Gasteiger partial charge in [0.05, 0.1) is 18.3 Å². The normalized spacial score (nSPS) is 17.5. The number of aromatic nitrogens is 2. The molecule has 3 aromatic rings. The summed E-state index contributed by atoms with van der Waals surface area (Å²) in [6, 6.07) is 16.2. The van der Waals surface area contributed by atoms with E-state index < -0.39 is 0 Å². The van der Waals surface area contributed by atoms with E-state index in [4.69, 9.17) is 0 Å². The second-order valence-corrected chi connectivity index (χ2v) is 6.57. The predicted molar refractivity (Wildman–Crippen MR) is 98.6 cm³/mol. The van der Waals surface area contributed by atoms with E-state index in [2.05, 4.69) is 27.9 Å². The molecule has 4 rings (SSSR count). The average molecular weight is 334 g/mol. The van der Waals surface area contributed by atoms with Crippen molar-refractivity contribution >= 4 is 16.8 Å². The standard InChI is InChI=1S/C20H22N4O/c25-20(23-18-5-3-11-21-13-18)16-9-7-15(8-10-16)14-24-19-6-2-1-4-17(19)12-22-24/h1-2,4,6-10,12,18,21H,3,5,11,13-14H2,(H,23,25). The van der Waals surface area contributed by atoms with E-state index in [-0.39, 0.29) is 11.9 Å². The van der Waals surface area contributed by atoms with Crippen molar-refractivity contribution in [1.29, 1.82) is 0 Å². The predicted octanol–water partition coefficient (Wildman–Crippen LogP) is 2.57. The molecule has 5 heteroatoms. The number of amides is 1. The minimum absolute atomic E-state index is 0.00443. The van der Waals surface area contributed by atoms with Gasteiger partial charge in [-0.25, -0.2) is 0 Å². The molecule has 1 saturated heterocycles.